The third-order valence-corrected chi connectivity index (χ3v) is 5.84. The van der Waals surface area contributed by atoms with Crippen molar-refractivity contribution in [2.75, 3.05) is 5.32 Å². The molecule has 1 aliphatic rings. The number of carbonyl (C=O) groups excluding carboxylic acids is 2. The lowest BCUT2D eigenvalue weighted by Gasteiger charge is -2.07. The summed E-state index contributed by atoms with van der Waals surface area (Å²) in [6, 6.07) is 21.1. The van der Waals surface area contributed by atoms with E-state index in [-0.39, 0.29) is 23.7 Å². The summed E-state index contributed by atoms with van der Waals surface area (Å²) in [6.45, 7) is 1.84. The Bertz CT molecular complexity index is 1050. The second-order valence-electron chi connectivity index (χ2n) is 7.04. The molecule has 2 unspecified atom stereocenters. The third kappa shape index (κ3) is 4.60. The van der Waals surface area contributed by atoms with Gasteiger partial charge in [0.2, 0.25) is 5.91 Å². The van der Waals surface area contributed by atoms with E-state index in [1.807, 2.05) is 60.8 Å². The van der Waals surface area contributed by atoms with Gasteiger partial charge in [0.1, 0.15) is 0 Å². The SMILES string of the molecule is C/C(=N\NC(=O)C1CC1c1ccccc1)c1cccc(NC(=O)c2cccs2)c1. The van der Waals surface area contributed by atoms with Crippen LogP contribution in [0.2, 0.25) is 0 Å². The van der Waals surface area contributed by atoms with Gasteiger partial charge in [0.05, 0.1) is 10.6 Å². The maximum atomic E-state index is 12.4. The zero-order chi connectivity index (χ0) is 20.2. The first-order valence-corrected chi connectivity index (χ1v) is 10.3. The van der Waals surface area contributed by atoms with Crippen LogP contribution in [0.15, 0.2) is 77.2 Å². The van der Waals surface area contributed by atoms with Crippen LogP contribution in [0.4, 0.5) is 5.69 Å². The standard InChI is InChI=1S/C23H21N3O2S/c1-15(25-26-22(27)20-14-19(20)16-7-3-2-4-8-16)17-9-5-10-18(13-17)24-23(28)21-11-6-12-29-21/h2-13,19-20H,14H2,1H3,(H,24,28)(H,26,27)/b25-15+. The van der Waals surface area contributed by atoms with Gasteiger partial charge >= 0.3 is 0 Å². The summed E-state index contributed by atoms with van der Waals surface area (Å²) < 4.78 is 0. The van der Waals surface area contributed by atoms with Gasteiger partial charge in [-0.2, -0.15) is 5.10 Å². The van der Waals surface area contributed by atoms with E-state index in [0.717, 1.165) is 12.0 Å². The van der Waals surface area contributed by atoms with Crippen LogP contribution >= 0.6 is 11.3 Å². The predicted molar refractivity (Wildman–Crippen MR) is 116 cm³/mol. The molecule has 1 heterocycles. The molecule has 1 aliphatic carbocycles. The van der Waals surface area contributed by atoms with Gasteiger partial charge in [0, 0.05) is 11.6 Å². The molecule has 0 bridgehead atoms. The molecule has 1 saturated carbocycles. The highest BCUT2D eigenvalue weighted by molar-refractivity contribution is 7.12. The van der Waals surface area contributed by atoms with E-state index >= 15 is 0 Å². The molecule has 0 aliphatic heterocycles. The number of benzene rings is 2. The molecule has 1 fully saturated rings. The van der Waals surface area contributed by atoms with Crippen molar-refractivity contribution in [1.29, 1.82) is 0 Å². The smallest absolute Gasteiger partial charge is 0.265 e. The highest BCUT2D eigenvalue weighted by Gasteiger charge is 2.43. The summed E-state index contributed by atoms with van der Waals surface area (Å²) in [5.74, 6) is 0.0638. The van der Waals surface area contributed by atoms with Gasteiger partial charge in [-0.05, 0) is 54.0 Å². The fraction of sp³-hybridized carbons (Fsp3) is 0.174. The molecule has 1 aromatic heterocycles. The van der Waals surface area contributed by atoms with E-state index in [1.165, 1.54) is 16.9 Å². The summed E-state index contributed by atoms with van der Waals surface area (Å²) >= 11 is 1.40. The number of nitrogens with zero attached hydrogens (tertiary/aromatic N) is 1. The number of hydrazone groups is 1. The number of amides is 2. The number of carbonyl (C=O) groups is 2. The largest absolute Gasteiger partial charge is 0.321 e. The van der Waals surface area contributed by atoms with E-state index in [2.05, 4.69) is 28.0 Å². The molecule has 2 atom stereocenters. The fourth-order valence-corrected chi connectivity index (χ4v) is 3.88. The molecular formula is C23H21N3O2S. The number of hydrogen-bond donors (Lipinski definition) is 2. The summed E-state index contributed by atoms with van der Waals surface area (Å²) in [5.41, 5.74) is 6.09. The molecule has 2 aromatic carbocycles. The van der Waals surface area contributed by atoms with Gasteiger partial charge in [-0.15, -0.1) is 11.3 Å². The third-order valence-electron chi connectivity index (χ3n) is 4.97. The van der Waals surface area contributed by atoms with E-state index < -0.39 is 0 Å². The lowest BCUT2D eigenvalue weighted by molar-refractivity contribution is -0.122. The quantitative estimate of drug-likeness (QED) is 0.465. The fourth-order valence-electron chi connectivity index (χ4n) is 3.26. The van der Waals surface area contributed by atoms with Gasteiger partial charge in [0.25, 0.3) is 5.91 Å². The first-order valence-electron chi connectivity index (χ1n) is 9.46. The zero-order valence-electron chi connectivity index (χ0n) is 16.0. The lowest BCUT2D eigenvalue weighted by Crippen LogP contribution is -2.21. The molecule has 0 saturated heterocycles. The van der Waals surface area contributed by atoms with Crippen LogP contribution in [0.5, 0.6) is 0 Å². The number of nitrogens with one attached hydrogen (secondary N) is 2. The molecule has 29 heavy (non-hydrogen) atoms. The molecule has 6 heteroatoms. The average Bonchev–Trinajstić information content (AvgIpc) is 3.36. The van der Waals surface area contributed by atoms with Gasteiger partial charge in [-0.3, -0.25) is 9.59 Å². The van der Waals surface area contributed by atoms with E-state index in [1.54, 1.807) is 6.07 Å². The van der Waals surface area contributed by atoms with Crippen molar-refractivity contribution < 1.29 is 9.59 Å². The Morgan fingerprint density at radius 1 is 1.03 bits per heavy atom. The van der Waals surface area contributed by atoms with Crippen molar-refractivity contribution in [3.63, 3.8) is 0 Å². The second kappa shape index (κ2) is 8.41. The highest BCUT2D eigenvalue weighted by atomic mass is 32.1. The number of thiophene rings is 1. The lowest BCUT2D eigenvalue weighted by atomic mass is 10.1. The molecule has 3 aromatic rings. The van der Waals surface area contributed by atoms with Gasteiger partial charge in [0.15, 0.2) is 0 Å². The van der Waals surface area contributed by atoms with Crippen LogP contribution in [-0.2, 0) is 4.79 Å². The van der Waals surface area contributed by atoms with Crippen LogP contribution in [-0.4, -0.2) is 17.5 Å². The minimum Gasteiger partial charge on any atom is -0.321 e. The minimum absolute atomic E-state index is 0.0228. The summed E-state index contributed by atoms with van der Waals surface area (Å²) in [7, 11) is 0. The van der Waals surface area contributed by atoms with Crippen molar-refractivity contribution in [1.82, 2.24) is 5.43 Å². The van der Waals surface area contributed by atoms with Gasteiger partial charge in [-0.25, -0.2) is 5.43 Å². The number of hydrogen-bond acceptors (Lipinski definition) is 4. The first-order chi connectivity index (χ1) is 14.1. The van der Waals surface area contributed by atoms with Crippen molar-refractivity contribution >= 4 is 34.6 Å². The van der Waals surface area contributed by atoms with E-state index in [9.17, 15) is 9.59 Å². The maximum Gasteiger partial charge on any atom is 0.265 e. The zero-order valence-corrected chi connectivity index (χ0v) is 16.8. The summed E-state index contributed by atoms with van der Waals surface area (Å²) in [4.78, 5) is 25.3. The van der Waals surface area contributed by atoms with E-state index in [4.69, 9.17) is 0 Å². The minimum atomic E-state index is -0.138. The maximum absolute atomic E-state index is 12.4. The van der Waals surface area contributed by atoms with Gasteiger partial charge in [-0.1, -0.05) is 48.5 Å². The van der Waals surface area contributed by atoms with Crippen LogP contribution in [0, 0.1) is 5.92 Å². The highest BCUT2D eigenvalue weighted by Crippen LogP contribution is 2.47. The Morgan fingerprint density at radius 2 is 1.86 bits per heavy atom. The second-order valence-corrected chi connectivity index (χ2v) is 7.99. The first kappa shape index (κ1) is 19.1. The number of rotatable bonds is 6. The van der Waals surface area contributed by atoms with Crippen LogP contribution in [0.25, 0.3) is 0 Å². The van der Waals surface area contributed by atoms with Crippen LogP contribution in [0.1, 0.15) is 40.1 Å². The van der Waals surface area contributed by atoms with E-state index in [0.29, 0.717) is 16.3 Å². The Labute approximate surface area is 173 Å². The Kier molecular flexibility index (Phi) is 5.53. The van der Waals surface area contributed by atoms with Crippen LogP contribution < -0.4 is 10.7 Å². The molecule has 146 valence electrons. The van der Waals surface area contributed by atoms with Gasteiger partial charge < -0.3 is 5.32 Å². The number of anilines is 1. The monoisotopic (exact) mass is 403 g/mol. The molecule has 0 radical (unpaired) electrons. The summed E-state index contributed by atoms with van der Waals surface area (Å²) in [5, 5.41) is 9.01. The normalized spacial score (nSPS) is 18.2. The van der Waals surface area contributed by atoms with Crippen molar-refractivity contribution in [2.24, 2.45) is 11.0 Å². The molecule has 2 N–H and O–H groups in total. The van der Waals surface area contributed by atoms with Crippen molar-refractivity contribution in [3.05, 3.63) is 88.1 Å². The molecule has 5 nitrogen and oxygen atoms in total. The Balaban J connectivity index is 1.37. The molecule has 0 spiro atoms. The van der Waals surface area contributed by atoms with Crippen LogP contribution in [0.3, 0.4) is 0 Å². The van der Waals surface area contributed by atoms with Crippen molar-refractivity contribution in [2.45, 2.75) is 19.3 Å². The topological polar surface area (TPSA) is 70.6 Å². The Hall–Kier alpha value is -3.25. The molecular weight excluding hydrogens is 382 g/mol. The summed E-state index contributed by atoms with van der Waals surface area (Å²) in [6.07, 6.45) is 0.856. The van der Waals surface area contributed by atoms with Crippen molar-refractivity contribution in [3.8, 4) is 0 Å². The Morgan fingerprint density at radius 3 is 2.62 bits per heavy atom. The average molecular weight is 404 g/mol. The molecule has 4 rings (SSSR count). The predicted octanol–water partition coefficient (Wildman–Crippen LogP) is 4.64. The molecule has 2 amide bonds.